The molecule has 0 heterocycles. The van der Waals surface area contributed by atoms with E-state index in [9.17, 15) is 18.0 Å². The SMILES string of the molecule is CCNC(=O)[C@@H](C)N(Cc1ccc(Cl)c(Cl)c1)C(=O)CN(c1ccc(Cl)c(Cl)c1)S(=O)(=O)c1ccccc1. The molecule has 202 valence electrons. The highest BCUT2D eigenvalue weighted by Gasteiger charge is 2.32. The van der Waals surface area contributed by atoms with Crippen molar-refractivity contribution in [2.45, 2.75) is 31.3 Å². The normalized spacial score (nSPS) is 12.1. The van der Waals surface area contributed by atoms with Gasteiger partial charge in [0.2, 0.25) is 11.8 Å². The molecular formula is C26H25Cl4N3O4S. The summed E-state index contributed by atoms with van der Waals surface area (Å²) in [7, 11) is -4.21. The third kappa shape index (κ3) is 7.12. The lowest BCUT2D eigenvalue weighted by Crippen LogP contribution is -2.51. The topological polar surface area (TPSA) is 86.8 Å². The number of hydrogen-bond donors (Lipinski definition) is 1. The molecular weight excluding hydrogens is 592 g/mol. The van der Waals surface area contributed by atoms with Gasteiger partial charge in [-0.2, -0.15) is 0 Å². The van der Waals surface area contributed by atoms with Gasteiger partial charge in [-0.05, 0) is 61.9 Å². The summed E-state index contributed by atoms with van der Waals surface area (Å²) in [5, 5.41) is 3.66. The minimum Gasteiger partial charge on any atom is -0.355 e. The Balaban J connectivity index is 2.05. The first-order valence-corrected chi connectivity index (χ1v) is 14.4. The Morgan fingerprint density at radius 3 is 2.05 bits per heavy atom. The lowest BCUT2D eigenvalue weighted by molar-refractivity contribution is -0.139. The summed E-state index contributed by atoms with van der Waals surface area (Å²) >= 11 is 24.4. The van der Waals surface area contributed by atoms with Crippen molar-refractivity contribution in [1.29, 1.82) is 0 Å². The Bertz CT molecular complexity index is 1420. The fraction of sp³-hybridized carbons (Fsp3) is 0.231. The smallest absolute Gasteiger partial charge is 0.264 e. The molecule has 12 heteroatoms. The van der Waals surface area contributed by atoms with Crippen molar-refractivity contribution in [3.05, 3.63) is 92.4 Å². The molecule has 0 unspecified atom stereocenters. The van der Waals surface area contributed by atoms with Gasteiger partial charge < -0.3 is 10.2 Å². The van der Waals surface area contributed by atoms with Crippen LogP contribution in [0, 0.1) is 0 Å². The molecule has 0 bridgehead atoms. The molecule has 2 amide bonds. The summed E-state index contributed by atoms with van der Waals surface area (Å²) < 4.78 is 28.3. The highest BCUT2D eigenvalue weighted by molar-refractivity contribution is 7.92. The van der Waals surface area contributed by atoms with Crippen molar-refractivity contribution < 1.29 is 18.0 Å². The van der Waals surface area contributed by atoms with Crippen molar-refractivity contribution in [2.24, 2.45) is 0 Å². The number of amides is 2. The number of nitrogens with zero attached hydrogens (tertiary/aromatic N) is 2. The fourth-order valence-electron chi connectivity index (χ4n) is 3.63. The highest BCUT2D eigenvalue weighted by Crippen LogP contribution is 2.31. The third-order valence-electron chi connectivity index (χ3n) is 5.66. The van der Waals surface area contributed by atoms with Gasteiger partial charge in [0.05, 0.1) is 30.7 Å². The molecule has 0 saturated carbocycles. The van der Waals surface area contributed by atoms with Crippen LogP contribution in [0.1, 0.15) is 19.4 Å². The molecule has 38 heavy (non-hydrogen) atoms. The van der Waals surface area contributed by atoms with Crippen LogP contribution in [0.5, 0.6) is 0 Å². The van der Waals surface area contributed by atoms with E-state index in [1.165, 1.54) is 35.2 Å². The van der Waals surface area contributed by atoms with Crippen LogP contribution >= 0.6 is 46.4 Å². The number of anilines is 1. The number of benzene rings is 3. The first kappa shape index (κ1) is 30.1. The number of likely N-dealkylation sites (N-methyl/N-ethyl adjacent to an activating group) is 1. The van der Waals surface area contributed by atoms with Gasteiger partial charge in [-0.1, -0.05) is 70.7 Å². The minimum atomic E-state index is -4.21. The van der Waals surface area contributed by atoms with E-state index in [-0.39, 0.29) is 32.2 Å². The molecule has 0 aliphatic carbocycles. The molecule has 0 aliphatic heterocycles. The van der Waals surface area contributed by atoms with Gasteiger partial charge in [0, 0.05) is 13.1 Å². The maximum atomic E-state index is 13.8. The summed E-state index contributed by atoms with van der Waals surface area (Å²) in [6, 6.07) is 15.9. The lowest BCUT2D eigenvalue weighted by Gasteiger charge is -2.32. The molecule has 3 aromatic rings. The monoisotopic (exact) mass is 615 g/mol. The maximum absolute atomic E-state index is 13.8. The van der Waals surface area contributed by atoms with Crippen LogP contribution in [-0.2, 0) is 26.2 Å². The summed E-state index contributed by atoms with van der Waals surface area (Å²) in [6.45, 7) is 3.05. The largest absolute Gasteiger partial charge is 0.355 e. The van der Waals surface area contributed by atoms with Gasteiger partial charge in [-0.15, -0.1) is 0 Å². The van der Waals surface area contributed by atoms with Gasteiger partial charge in [-0.25, -0.2) is 8.42 Å². The number of rotatable bonds is 10. The molecule has 7 nitrogen and oxygen atoms in total. The van der Waals surface area contributed by atoms with E-state index < -0.39 is 34.4 Å². The van der Waals surface area contributed by atoms with Gasteiger partial charge in [-0.3, -0.25) is 13.9 Å². The maximum Gasteiger partial charge on any atom is 0.264 e. The number of carbonyl (C=O) groups is 2. The second-order valence-electron chi connectivity index (χ2n) is 8.26. The second-order valence-corrected chi connectivity index (χ2v) is 11.8. The quantitative estimate of drug-likeness (QED) is 0.300. The number of carbonyl (C=O) groups excluding carboxylic acids is 2. The van der Waals surface area contributed by atoms with Crippen molar-refractivity contribution in [3.63, 3.8) is 0 Å². The number of hydrogen-bond acceptors (Lipinski definition) is 4. The zero-order valence-corrected chi connectivity index (χ0v) is 24.3. The fourth-order valence-corrected chi connectivity index (χ4v) is 5.67. The van der Waals surface area contributed by atoms with Crippen molar-refractivity contribution in [2.75, 3.05) is 17.4 Å². The van der Waals surface area contributed by atoms with Crippen molar-refractivity contribution in [1.82, 2.24) is 10.2 Å². The molecule has 0 radical (unpaired) electrons. The lowest BCUT2D eigenvalue weighted by atomic mass is 10.1. The first-order chi connectivity index (χ1) is 17.9. The number of halogens is 4. The molecule has 0 saturated heterocycles. The van der Waals surface area contributed by atoms with Crippen LogP contribution in [0.15, 0.2) is 71.6 Å². The van der Waals surface area contributed by atoms with Crippen molar-refractivity contribution in [3.8, 4) is 0 Å². The van der Waals surface area contributed by atoms with Gasteiger partial charge in [0.15, 0.2) is 0 Å². The molecule has 3 aromatic carbocycles. The molecule has 0 spiro atoms. The van der Waals surface area contributed by atoms with E-state index >= 15 is 0 Å². The Morgan fingerprint density at radius 1 is 0.868 bits per heavy atom. The van der Waals surface area contributed by atoms with Crippen LogP contribution in [-0.4, -0.2) is 44.3 Å². The molecule has 3 rings (SSSR count). The number of nitrogens with one attached hydrogen (secondary N) is 1. The van der Waals surface area contributed by atoms with Crippen LogP contribution in [0.3, 0.4) is 0 Å². The summed E-state index contributed by atoms with van der Waals surface area (Å²) in [6.07, 6.45) is 0. The molecule has 0 aliphatic rings. The van der Waals surface area contributed by atoms with E-state index in [1.807, 2.05) is 0 Å². The average molecular weight is 617 g/mol. The Kier molecular flexibility index (Phi) is 10.3. The highest BCUT2D eigenvalue weighted by atomic mass is 35.5. The predicted molar refractivity (Wildman–Crippen MR) is 153 cm³/mol. The van der Waals surface area contributed by atoms with Crippen LogP contribution in [0.25, 0.3) is 0 Å². The zero-order chi connectivity index (χ0) is 28.0. The molecule has 1 N–H and O–H groups in total. The number of sulfonamides is 1. The summed E-state index contributed by atoms with van der Waals surface area (Å²) in [5.74, 6) is -1.02. The van der Waals surface area contributed by atoms with Gasteiger partial charge >= 0.3 is 0 Å². The van der Waals surface area contributed by atoms with Crippen molar-refractivity contribution >= 4 is 73.9 Å². The predicted octanol–water partition coefficient (Wildman–Crippen LogP) is 6.05. The van der Waals surface area contributed by atoms with E-state index in [4.69, 9.17) is 46.4 Å². The standard InChI is InChI=1S/C26H25Cl4N3O4S/c1-3-31-26(35)17(2)32(15-18-9-11-21(27)23(29)13-18)25(34)16-33(19-10-12-22(28)24(30)14-19)38(36,37)20-7-5-4-6-8-20/h4-14,17H,3,15-16H2,1-2H3,(H,31,35)/t17-/m1/s1. The first-order valence-electron chi connectivity index (χ1n) is 11.5. The molecule has 0 aromatic heterocycles. The second kappa shape index (κ2) is 13.0. The van der Waals surface area contributed by atoms with Gasteiger partial charge in [0.25, 0.3) is 10.0 Å². The Hall–Kier alpha value is -2.49. The van der Waals surface area contributed by atoms with Crippen LogP contribution in [0.2, 0.25) is 20.1 Å². The average Bonchev–Trinajstić information content (AvgIpc) is 2.89. The Morgan fingerprint density at radius 2 is 1.47 bits per heavy atom. The zero-order valence-electron chi connectivity index (χ0n) is 20.5. The van der Waals surface area contributed by atoms with E-state index in [2.05, 4.69) is 5.32 Å². The van der Waals surface area contributed by atoms with E-state index in [1.54, 1.807) is 50.2 Å². The molecule has 1 atom stereocenters. The minimum absolute atomic E-state index is 0.0192. The van der Waals surface area contributed by atoms with E-state index in [0.29, 0.717) is 17.1 Å². The summed E-state index contributed by atoms with van der Waals surface area (Å²) in [4.78, 5) is 27.8. The van der Waals surface area contributed by atoms with Crippen LogP contribution < -0.4 is 9.62 Å². The molecule has 0 fully saturated rings. The summed E-state index contributed by atoms with van der Waals surface area (Å²) in [5.41, 5.74) is 0.743. The third-order valence-corrected chi connectivity index (χ3v) is 8.92. The van der Waals surface area contributed by atoms with Crippen LogP contribution in [0.4, 0.5) is 5.69 Å². The van der Waals surface area contributed by atoms with Gasteiger partial charge in [0.1, 0.15) is 12.6 Å². The van der Waals surface area contributed by atoms with E-state index in [0.717, 1.165) is 4.31 Å². The Labute approximate surface area is 242 Å².